The first-order valence-corrected chi connectivity index (χ1v) is 7.20. The van der Waals surface area contributed by atoms with Crippen molar-refractivity contribution in [2.24, 2.45) is 0 Å². The zero-order valence-electron chi connectivity index (χ0n) is 10.9. The Kier molecular flexibility index (Phi) is 4.48. The first kappa shape index (κ1) is 14.2. The number of hydrogen-bond acceptors (Lipinski definition) is 4. The van der Waals surface area contributed by atoms with Crippen molar-refractivity contribution in [3.63, 3.8) is 0 Å². The van der Waals surface area contributed by atoms with Crippen LogP contribution in [0.25, 0.3) is 6.08 Å². The highest BCUT2D eigenvalue weighted by molar-refractivity contribution is 7.98. The summed E-state index contributed by atoms with van der Waals surface area (Å²) in [5.74, 6) is -0.205. The fourth-order valence-corrected chi connectivity index (χ4v) is 2.15. The second-order valence-electron chi connectivity index (χ2n) is 4.21. The maximum absolute atomic E-state index is 12.0. The number of benzene rings is 2. The van der Waals surface area contributed by atoms with Gasteiger partial charge in [-0.2, -0.15) is 0 Å². The third-order valence-corrected chi connectivity index (χ3v) is 3.47. The van der Waals surface area contributed by atoms with Gasteiger partial charge in [0.2, 0.25) is 0 Å². The van der Waals surface area contributed by atoms with Gasteiger partial charge in [0.05, 0.1) is 0 Å². The molecule has 0 radical (unpaired) electrons. The Morgan fingerprint density at radius 3 is 2.20 bits per heavy atom. The molecule has 2 aromatic carbocycles. The molecule has 2 aromatic rings. The lowest BCUT2D eigenvalue weighted by atomic mass is 10.1. The molecule has 0 aliphatic rings. The van der Waals surface area contributed by atoms with Crippen molar-refractivity contribution in [3.8, 4) is 11.5 Å². The van der Waals surface area contributed by atoms with E-state index in [4.69, 9.17) is 0 Å². The molecule has 20 heavy (non-hydrogen) atoms. The van der Waals surface area contributed by atoms with E-state index in [0.717, 1.165) is 4.90 Å². The molecule has 0 aliphatic heterocycles. The number of ketones is 1. The third kappa shape index (κ3) is 3.65. The number of thioether (sulfide) groups is 1. The fourth-order valence-electron chi connectivity index (χ4n) is 1.74. The lowest BCUT2D eigenvalue weighted by molar-refractivity contribution is 0.104. The molecule has 0 saturated carbocycles. The van der Waals surface area contributed by atoms with Crippen LogP contribution in [0.3, 0.4) is 0 Å². The average molecular weight is 286 g/mol. The number of phenols is 2. The molecule has 0 fully saturated rings. The van der Waals surface area contributed by atoms with E-state index in [1.807, 2.05) is 18.4 Å². The number of rotatable bonds is 4. The minimum Gasteiger partial charge on any atom is -0.508 e. The van der Waals surface area contributed by atoms with Gasteiger partial charge in [-0.3, -0.25) is 4.79 Å². The van der Waals surface area contributed by atoms with Crippen molar-refractivity contribution in [3.05, 3.63) is 59.7 Å². The monoisotopic (exact) mass is 286 g/mol. The van der Waals surface area contributed by atoms with Crippen LogP contribution in [0.5, 0.6) is 11.5 Å². The number of phenolic OH excluding ortho intramolecular Hbond substituents is 2. The molecule has 2 N–H and O–H groups in total. The van der Waals surface area contributed by atoms with Gasteiger partial charge in [0.1, 0.15) is 11.5 Å². The van der Waals surface area contributed by atoms with Gasteiger partial charge in [0, 0.05) is 16.5 Å². The maximum atomic E-state index is 12.0. The van der Waals surface area contributed by atoms with Crippen molar-refractivity contribution < 1.29 is 15.0 Å². The topological polar surface area (TPSA) is 57.5 Å². The molecular weight excluding hydrogens is 272 g/mol. The van der Waals surface area contributed by atoms with Gasteiger partial charge < -0.3 is 10.2 Å². The van der Waals surface area contributed by atoms with Crippen LogP contribution in [0.4, 0.5) is 0 Å². The second kappa shape index (κ2) is 6.30. The summed E-state index contributed by atoms with van der Waals surface area (Å²) in [4.78, 5) is 13.1. The normalized spacial score (nSPS) is 10.8. The summed E-state index contributed by atoms with van der Waals surface area (Å²) in [7, 11) is 0. The van der Waals surface area contributed by atoms with Crippen LogP contribution in [-0.2, 0) is 0 Å². The number of hydrogen-bond donors (Lipinski definition) is 2. The summed E-state index contributed by atoms with van der Waals surface area (Å²) in [6.45, 7) is 0. The molecule has 0 atom stereocenters. The van der Waals surface area contributed by atoms with E-state index >= 15 is 0 Å². The number of carbonyl (C=O) groups is 1. The Labute approximate surface area is 121 Å². The standard InChI is InChI=1S/C16H14O3S/c1-20-15-5-3-12(4-6-15)16(19)7-2-11-8-13(17)10-14(18)9-11/h2-10,17-18H,1H3/b7-2+. The first-order valence-electron chi connectivity index (χ1n) is 5.98. The summed E-state index contributed by atoms with van der Waals surface area (Å²) in [6, 6.07) is 11.5. The predicted octanol–water partition coefficient (Wildman–Crippen LogP) is 3.72. The quantitative estimate of drug-likeness (QED) is 0.511. The summed E-state index contributed by atoms with van der Waals surface area (Å²) >= 11 is 1.62. The zero-order chi connectivity index (χ0) is 14.5. The van der Waals surface area contributed by atoms with Crippen LogP contribution in [-0.4, -0.2) is 22.3 Å². The summed E-state index contributed by atoms with van der Waals surface area (Å²) in [5.41, 5.74) is 1.17. The number of allylic oxidation sites excluding steroid dienone is 1. The van der Waals surface area contributed by atoms with E-state index in [-0.39, 0.29) is 17.3 Å². The van der Waals surface area contributed by atoms with E-state index < -0.39 is 0 Å². The Morgan fingerprint density at radius 2 is 1.65 bits per heavy atom. The molecule has 0 aromatic heterocycles. The molecule has 0 unspecified atom stereocenters. The maximum Gasteiger partial charge on any atom is 0.185 e. The molecule has 0 aliphatic carbocycles. The highest BCUT2D eigenvalue weighted by atomic mass is 32.2. The molecule has 0 amide bonds. The third-order valence-electron chi connectivity index (χ3n) is 2.73. The molecule has 0 bridgehead atoms. The van der Waals surface area contributed by atoms with Gasteiger partial charge in [-0.05, 0) is 54.3 Å². The SMILES string of the molecule is CSc1ccc(C(=O)/C=C/c2cc(O)cc(O)c2)cc1. The minimum absolute atomic E-state index is 0.0403. The highest BCUT2D eigenvalue weighted by Gasteiger charge is 2.02. The molecule has 4 heteroatoms. The highest BCUT2D eigenvalue weighted by Crippen LogP contribution is 2.21. The fraction of sp³-hybridized carbons (Fsp3) is 0.0625. The molecule has 0 spiro atoms. The van der Waals surface area contributed by atoms with Crippen molar-refractivity contribution in [2.75, 3.05) is 6.26 Å². The van der Waals surface area contributed by atoms with E-state index in [1.54, 1.807) is 30.0 Å². The second-order valence-corrected chi connectivity index (χ2v) is 5.09. The number of aromatic hydroxyl groups is 2. The van der Waals surface area contributed by atoms with E-state index in [0.29, 0.717) is 11.1 Å². The van der Waals surface area contributed by atoms with Gasteiger partial charge in [0.25, 0.3) is 0 Å². The lowest BCUT2D eigenvalue weighted by Gasteiger charge is -1.99. The van der Waals surface area contributed by atoms with Gasteiger partial charge >= 0.3 is 0 Å². The van der Waals surface area contributed by atoms with E-state index in [9.17, 15) is 15.0 Å². The van der Waals surface area contributed by atoms with Gasteiger partial charge in [0.15, 0.2) is 5.78 Å². The van der Waals surface area contributed by atoms with E-state index in [2.05, 4.69) is 0 Å². The van der Waals surface area contributed by atoms with E-state index in [1.165, 1.54) is 24.3 Å². The van der Waals surface area contributed by atoms with Crippen molar-refractivity contribution in [2.45, 2.75) is 4.90 Å². The van der Waals surface area contributed by atoms with Crippen LogP contribution >= 0.6 is 11.8 Å². The largest absolute Gasteiger partial charge is 0.508 e. The first-order chi connectivity index (χ1) is 9.58. The van der Waals surface area contributed by atoms with Crippen molar-refractivity contribution in [1.29, 1.82) is 0 Å². The molecular formula is C16H14O3S. The van der Waals surface area contributed by atoms with Gasteiger partial charge in [-0.1, -0.05) is 6.08 Å². The molecule has 2 rings (SSSR count). The Morgan fingerprint density at radius 1 is 1.05 bits per heavy atom. The van der Waals surface area contributed by atoms with Crippen LogP contribution in [0.15, 0.2) is 53.4 Å². The van der Waals surface area contributed by atoms with Crippen LogP contribution < -0.4 is 0 Å². The van der Waals surface area contributed by atoms with Crippen LogP contribution in [0.2, 0.25) is 0 Å². The smallest absolute Gasteiger partial charge is 0.185 e. The lowest BCUT2D eigenvalue weighted by Crippen LogP contribution is -1.93. The number of carbonyl (C=O) groups excluding carboxylic acids is 1. The Hall–Kier alpha value is -2.20. The summed E-state index contributed by atoms with van der Waals surface area (Å²) in [5, 5.41) is 18.7. The predicted molar refractivity (Wildman–Crippen MR) is 81.4 cm³/mol. The summed E-state index contributed by atoms with van der Waals surface area (Å²) < 4.78 is 0. The molecule has 102 valence electrons. The average Bonchev–Trinajstić information content (AvgIpc) is 2.44. The van der Waals surface area contributed by atoms with Crippen molar-refractivity contribution in [1.82, 2.24) is 0 Å². The van der Waals surface area contributed by atoms with Gasteiger partial charge in [-0.15, -0.1) is 11.8 Å². The van der Waals surface area contributed by atoms with Crippen LogP contribution in [0, 0.1) is 0 Å². The van der Waals surface area contributed by atoms with Gasteiger partial charge in [-0.25, -0.2) is 0 Å². The van der Waals surface area contributed by atoms with Crippen LogP contribution in [0.1, 0.15) is 15.9 Å². The minimum atomic E-state index is -0.125. The molecule has 0 heterocycles. The Bertz CT molecular complexity index is 625. The summed E-state index contributed by atoms with van der Waals surface area (Å²) in [6.07, 6.45) is 4.96. The Balaban J connectivity index is 2.15. The van der Waals surface area contributed by atoms with Crippen molar-refractivity contribution >= 4 is 23.6 Å². The zero-order valence-corrected chi connectivity index (χ0v) is 11.7. The molecule has 0 saturated heterocycles. The molecule has 3 nitrogen and oxygen atoms in total.